The molecule has 0 bridgehead atoms. The molecule has 6 heteroatoms. The van der Waals surface area contributed by atoms with E-state index < -0.39 is 0 Å². The zero-order valence-corrected chi connectivity index (χ0v) is 15.2. The first-order valence-corrected chi connectivity index (χ1v) is 9.46. The summed E-state index contributed by atoms with van der Waals surface area (Å²) in [5, 5.41) is 4.27. The van der Waals surface area contributed by atoms with E-state index in [0.29, 0.717) is 5.56 Å². The van der Waals surface area contributed by atoms with E-state index in [0.717, 1.165) is 43.6 Å². The molecular weight excluding hydrogens is 338 g/mol. The number of nitrogens with zero attached hydrogens (tertiary/aromatic N) is 5. The number of pyridine rings is 2. The average molecular weight is 361 g/mol. The third-order valence-electron chi connectivity index (χ3n) is 5.11. The van der Waals surface area contributed by atoms with E-state index in [1.54, 1.807) is 24.8 Å². The number of carbonyl (C=O) groups is 1. The first kappa shape index (κ1) is 17.4. The Morgan fingerprint density at radius 3 is 2.81 bits per heavy atom. The molecule has 3 aromatic rings. The number of amides is 1. The molecule has 1 saturated heterocycles. The van der Waals surface area contributed by atoms with Crippen LogP contribution in [0.25, 0.3) is 11.3 Å². The molecule has 6 nitrogen and oxygen atoms in total. The fraction of sp³-hybridized carbons (Fsp3) is 0.333. The van der Waals surface area contributed by atoms with Gasteiger partial charge in [0.15, 0.2) is 0 Å². The van der Waals surface area contributed by atoms with Gasteiger partial charge in [-0.15, -0.1) is 0 Å². The summed E-state index contributed by atoms with van der Waals surface area (Å²) in [5.74, 6) is 0.0744. The maximum atomic E-state index is 13.1. The molecule has 138 valence electrons. The van der Waals surface area contributed by atoms with E-state index in [9.17, 15) is 4.79 Å². The molecule has 1 aliphatic rings. The van der Waals surface area contributed by atoms with E-state index in [1.165, 1.54) is 6.42 Å². The number of piperidine rings is 1. The van der Waals surface area contributed by atoms with E-state index in [-0.39, 0.29) is 11.9 Å². The minimum absolute atomic E-state index is 0.0744. The lowest BCUT2D eigenvalue weighted by molar-refractivity contribution is 0.0593. The Bertz CT molecular complexity index is 861. The first-order valence-electron chi connectivity index (χ1n) is 9.46. The fourth-order valence-corrected chi connectivity index (χ4v) is 3.65. The van der Waals surface area contributed by atoms with E-state index in [4.69, 9.17) is 0 Å². The van der Waals surface area contributed by atoms with Crippen LogP contribution >= 0.6 is 0 Å². The monoisotopic (exact) mass is 361 g/mol. The molecule has 0 saturated carbocycles. The number of hydrogen-bond acceptors (Lipinski definition) is 4. The van der Waals surface area contributed by atoms with Crippen LogP contribution in [-0.4, -0.2) is 43.1 Å². The van der Waals surface area contributed by atoms with Crippen molar-refractivity contribution in [1.82, 2.24) is 24.6 Å². The van der Waals surface area contributed by atoms with E-state index in [1.807, 2.05) is 46.1 Å². The van der Waals surface area contributed by atoms with Crippen LogP contribution in [0.2, 0.25) is 0 Å². The molecule has 1 aliphatic heterocycles. The molecule has 0 aliphatic carbocycles. The highest BCUT2D eigenvalue weighted by Crippen LogP contribution is 2.23. The molecule has 4 heterocycles. The predicted molar refractivity (Wildman–Crippen MR) is 103 cm³/mol. The van der Waals surface area contributed by atoms with E-state index in [2.05, 4.69) is 15.1 Å². The number of likely N-dealkylation sites (tertiary alicyclic amines) is 1. The van der Waals surface area contributed by atoms with Gasteiger partial charge in [-0.05, 0) is 56.0 Å². The van der Waals surface area contributed by atoms with Gasteiger partial charge in [-0.2, -0.15) is 5.10 Å². The zero-order chi connectivity index (χ0) is 18.5. The predicted octanol–water partition coefficient (Wildman–Crippen LogP) is 3.43. The number of rotatable bonds is 5. The molecule has 1 fully saturated rings. The molecule has 0 spiro atoms. The minimum atomic E-state index is 0.0744. The van der Waals surface area contributed by atoms with Crippen molar-refractivity contribution in [2.75, 3.05) is 6.54 Å². The Morgan fingerprint density at radius 2 is 2.07 bits per heavy atom. The van der Waals surface area contributed by atoms with Crippen molar-refractivity contribution >= 4 is 5.91 Å². The van der Waals surface area contributed by atoms with Crippen LogP contribution in [0.5, 0.6) is 0 Å². The van der Waals surface area contributed by atoms with Crippen molar-refractivity contribution in [2.45, 2.75) is 38.3 Å². The summed E-state index contributed by atoms with van der Waals surface area (Å²) in [6.07, 6.45) is 13.2. The van der Waals surface area contributed by atoms with Crippen LogP contribution in [-0.2, 0) is 6.54 Å². The van der Waals surface area contributed by atoms with Crippen LogP contribution < -0.4 is 0 Å². The van der Waals surface area contributed by atoms with Crippen molar-refractivity contribution < 1.29 is 4.79 Å². The van der Waals surface area contributed by atoms with E-state index >= 15 is 0 Å². The fourth-order valence-electron chi connectivity index (χ4n) is 3.65. The third-order valence-corrected chi connectivity index (χ3v) is 5.11. The van der Waals surface area contributed by atoms with Gasteiger partial charge >= 0.3 is 0 Å². The Kier molecular flexibility index (Phi) is 5.23. The second-order valence-electron chi connectivity index (χ2n) is 6.88. The van der Waals surface area contributed by atoms with Gasteiger partial charge < -0.3 is 4.90 Å². The van der Waals surface area contributed by atoms with Crippen molar-refractivity contribution in [3.05, 3.63) is 66.9 Å². The quantitative estimate of drug-likeness (QED) is 0.698. The van der Waals surface area contributed by atoms with Gasteiger partial charge in [0.2, 0.25) is 0 Å². The molecule has 0 N–H and O–H groups in total. The Balaban J connectivity index is 1.46. The van der Waals surface area contributed by atoms with Crippen LogP contribution in [0.15, 0.2) is 61.3 Å². The van der Waals surface area contributed by atoms with Crippen LogP contribution in [0.4, 0.5) is 0 Å². The lowest BCUT2D eigenvalue weighted by Gasteiger charge is -2.36. The maximum Gasteiger partial charge on any atom is 0.255 e. The summed E-state index contributed by atoms with van der Waals surface area (Å²) in [4.78, 5) is 23.7. The topological polar surface area (TPSA) is 63.9 Å². The van der Waals surface area contributed by atoms with Gasteiger partial charge in [-0.25, -0.2) is 0 Å². The summed E-state index contributed by atoms with van der Waals surface area (Å²) >= 11 is 0. The molecule has 3 aromatic heterocycles. The number of carbonyl (C=O) groups excluding carboxylic acids is 1. The summed E-state index contributed by atoms with van der Waals surface area (Å²) in [5.41, 5.74) is 2.42. The van der Waals surface area contributed by atoms with Crippen molar-refractivity contribution in [3.63, 3.8) is 0 Å². The molecule has 0 aromatic carbocycles. The Hall–Kier alpha value is -3.02. The second kappa shape index (κ2) is 8.12. The third kappa shape index (κ3) is 4.05. The standard InChI is InChI=1S/C21H23N5O/c27-21(18-7-8-20(23-16-18)17-5-3-10-22-15-17)26-13-2-1-6-19(26)9-14-25-12-4-11-24-25/h3-5,7-8,10-12,15-16,19H,1-2,6,9,13-14H2/t19-/m1/s1. The van der Waals surface area contributed by atoms with Crippen LogP contribution in [0.1, 0.15) is 36.0 Å². The number of aryl methyl sites for hydroxylation is 1. The van der Waals surface area contributed by atoms with Crippen molar-refractivity contribution in [3.8, 4) is 11.3 Å². The number of aromatic nitrogens is 4. The second-order valence-corrected chi connectivity index (χ2v) is 6.88. The van der Waals surface area contributed by atoms with Gasteiger partial charge in [0.1, 0.15) is 0 Å². The summed E-state index contributed by atoms with van der Waals surface area (Å²) in [6, 6.07) is 9.80. The highest BCUT2D eigenvalue weighted by molar-refractivity contribution is 5.94. The van der Waals surface area contributed by atoms with Gasteiger partial charge in [0.25, 0.3) is 5.91 Å². The molecule has 1 atom stereocenters. The molecule has 0 radical (unpaired) electrons. The number of hydrogen-bond donors (Lipinski definition) is 0. The SMILES string of the molecule is O=C(c1ccc(-c2cccnc2)nc1)N1CCCC[C@@H]1CCn1cccn1. The highest BCUT2D eigenvalue weighted by Gasteiger charge is 2.27. The minimum Gasteiger partial charge on any atom is -0.336 e. The van der Waals surface area contributed by atoms with Crippen LogP contribution in [0, 0.1) is 0 Å². The normalized spacial score (nSPS) is 17.0. The Morgan fingerprint density at radius 1 is 1.11 bits per heavy atom. The molecule has 1 amide bonds. The van der Waals surface area contributed by atoms with Gasteiger partial charge in [-0.3, -0.25) is 19.4 Å². The van der Waals surface area contributed by atoms with Crippen molar-refractivity contribution in [2.24, 2.45) is 0 Å². The summed E-state index contributed by atoms with van der Waals surface area (Å²) in [7, 11) is 0. The summed E-state index contributed by atoms with van der Waals surface area (Å²) in [6.45, 7) is 1.65. The lowest BCUT2D eigenvalue weighted by atomic mass is 9.98. The molecular formula is C21H23N5O. The smallest absolute Gasteiger partial charge is 0.255 e. The maximum absolute atomic E-state index is 13.1. The summed E-state index contributed by atoms with van der Waals surface area (Å²) < 4.78 is 1.93. The van der Waals surface area contributed by atoms with Crippen LogP contribution in [0.3, 0.4) is 0 Å². The average Bonchev–Trinajstić information content (AvgIpc) is 3.26. The van der Waals surface area contributed by atoms with Gasteiger partial charge in [-0.1, -0.05) is 0 Å². The van der Waals surface area contributed by atoms with Crippen molar-refractivity contribution in [1.29, 1.82) is 0 Å². The zero-order valence-electron chi connectivity index (χ0n) is 15.2. The Labute approximate surface area is 158 Å². The molecule has 4 rings (SSSR count). The molecule has 0 unspecified atom stereocenters. The molecule has 27 heavy (non-hydrogen) atoms. The largest absolute Gasteiger partial charge is 0.336 e. The first-order chi connectivity index (χ1) is 13.3. The van der Waals surface area contributed by atoms with Gasteiger partial charge in [0.05, 0.1) is 11.3 Å². The lowest BCUT2D eigenvalue weighted by Crippen LogP contribution is -2.44. The highest BCUT2D eigenvalue weighted by atomic mass is 16.2. The van der Waals surface area contributed by atoms with Gasteiger partial charge in [0, 0.05) is 55.7 Å².